The number of thiazole rings is 1. The van der Waals surface area contributed by atoms with Gasteiger partial charge in [0.1, 0.15) is 5.60 Å². The molecule has 0 aliphatic carbocycles. The fraction of sp³-hybridized carbons (Fsp3) is 0.360. The summed E-state index contributed by atoms with van der Waals surface area (Å²) >= 11 is 1.63. The van der Waals surface area contributed by atoms with E-state index in [9.17, 15) is 13.5 Å². The summed E-state index contributed by atoms with van der Waals surface area (Å²) in [4.78, 5) is 20.3. The Morgan fingerprint density at radius 3 is 2.46 bits per heavy atom. The van der Waals surface area contributed by atoms with E-state index < -0.39 is 15.4 Å². The molecule has 0 radical (unpaired) electrons. The zero-order chi connectivity index (χ0) is 24.8. The zero-order valence-corrected chi connectivity index (χ0v) is 21.5. The summed E-state index contributed by atoms with van der Waals surface area (Å²) in [5.41, 5.74) is 4.45. The van der Waals surface area contributed by atoms with Gasteiger partial charge in [-0.15, -0.1) is 11.3 Å². The monoisotopic (exact) mass is 509 g/mol. The molecule has 182 valence electrons. The number of pyridine rings is 1. The first-order valence-electron chi connectivity index (χ1n) is 11.4. The number of hydrogen-bond donors (Lipinski definition) is 1. The Bertz CT molecular complexity index is 1480. The van der Waals surface area contributed by atoms with Crippen LogP contribution in [0.5, 0.6) is 0 Å². The van der Waals surface area contributed by atoms with Gasteiger partial charge in [0.25, 0.3) is 0 Å². The molecule has 0 bridgehead atoms. The quantitative estimate of drug-likeness (QED) is 0.435. The maximum absolute atomic E-state index is 11.8. The molecular formula is C25H27N5O3S2. The lowest BCUT2D eigenvalue weighted by atomic mass is 10.0. The van der Waals surface area contributed by atoms with Gasteiger partial charge in [0.2, 0.25) is 0 Å². The number of aliphatic hydroxyl groups is 1. The number of aryl methyl sites for hydroxylation is 1. The summed E-state index contributed by atoms with van der Waals surface area (Å²) in [5.74, 6) is 0.788. The Morgan fingerprint density at radius 1 is 1.06 bits per heavy atom. The van der Waals surface area contributed by atoms with E-state index in [0.29, 0.717) is 25.5 Å². The van der Waals surface area contributed by atoms with Crippen molar-refractivity contribution in [3.8, 4) is 22.4 Å². The lowest BCUT2D eigenvalue weighted by Gasteiger charge is -2.26. The van der Waals surface area contributed by atoms with Crippen molar-refractivity contribution in [1.82, 2.24) is 24.8 Å². The first-order chi connectivity index (χ1) is 16.6. The van der Waals surface area contributed by atoms with Gasteiger partial charge >= 0.3 is 0 Å². The van der Waals surface area contributed by atoms with Crippen LogP contribution >= 0.6 is 11.3 Å². The highest BCUT2D eigenvalue weighted by Gasteiger charge is 2.22. The number of hydrogen-bond acceptors (Lipinski definition) is 9. The van der Waals surface area contributed by atoms with Crippen LogP contribution in [0, 0.1) is 6.92 Å². The number of benzene rings is 1. The molecule has 4 aromatic rings. The molecule has 1 fully saturated rings. The van der Waals surface area contributed by atoms with E-state index in [-0.39, 0.29) is 11.5 Å². The third-order valence-corrected chi connectivity index (χ3v) is 8.70. The fourth-order valence-corrected chi connectivity index (χ4v) is 6.38. The van der Waals surface area contributed by atoms with Gasteiger partial charge < -0.3 is 5.11 Å². The topological polar surface area (TPSA) is 109 Å². The van der Waals surface area contributed by atoms with Crippen molar-refractivity contribution in [2.75, 3.05) is 24.6 Å². The minimum Gasteiger partial charge on any atom is -0.382 e. The van der Waals surface area contributed by atoms with Crippen molar-refractivity contribution < 1.29 is 13.5 Å². The standard InChI is InChI=1S/C25H27N5O3S2/c1-16-29-22-12-18(19-13-27-24(28-14-19)25(2,3)31)11-20(23(22)34-16)21-10-17(4-5-26-21)15-30-6-8-35(32,33)9-7-30/h4-5,10-14,31H,6-9,15H2,1-3H3. The second-order valence-corrected chi connectivity index (χ2v) is 12.9. The van der Waals surface area contributed by atoms with Crippen molar-refractivity contribution in [3.05, 3.63) is 59.3 Å². The number of nitrogens with zero attached hydrogens (tertiary/aromatic N) is 5. The average molecular weight is 510 g/mol. The molecular weight excluding hydrogens is 482 g/mol. The van der Waals surface area contributed by atoms with Crippen LogP contribution in [0.15, 0.2) is 42.9 Å². The van der Waals surface area contributed by atoms with E-state index in [0.717, 1.165) is 43.2 Å². The van der Waals surface area contributed by atoms with Crippen molar-refractivity contribution in [3.63, 3.8) is 0 Å². The minimum atomic E-state index is -2.91. The second kappa shape index (κ2) is 9.02. The molecule has 5 rings (SSSR count). The molecule has 8 nitrogen and oxygen atoms in total. The summed E-state index contributed by atoms with van der Waals surface area (Å²) in [6.07, 6.45) is 5.25. The predicted molar refractivity (Wildman–Crippen MR) is 138 cm³/mol. The maximum atomic E-state index is 11.8. The smallest absolute Gasteiger partial charge is 0.159 e. The Hall–Kier alpha value is -2.79. The molecule has 0 spiro atoms. The molecule has 35 heavy (non-hydrogen) atoms. The molecule has 3 aromatic heterocycles. The maximum Gasteiger partial charge on any atom is 0.159 e. The van der Waals surface area contributed by atoms with Gasteiger partial charge in [0.15, 0.2) is 15.7 Å². The molecule has 1 aliphatic rings. The Kier molecular flexibility index (Phi) is 6.16. The van der Waals surface area contributed by atoms with Gasteiger partial charge in [0.05, 0.1) is 32.4 Å². The van der Waals surface area contributed by atoms with Gasteiger partial charge in [-0.3, -0.25) is 9.88 Å². The van der Waals surface area contributed by atoms with Gasteiger partial charge in [-0.05, 0) is 56.2 Å². The zero-order valence-electron chi connectivity index (χ0n) is 19.9. The van der Waals surface area contributed by atoms with Gasteiger partial charge in [0, 0.05) is 49.4 Å². The average Bonchev–Trinajstić information content (AvgIpc) is 3.19. The van der Waals surface area contributed by atoms with Crippen LogP contribution in [0.1, 0.15) is 30.2 Å². The van der Waals surface area contributed by atoms with E-state index in [1.807, 2.05) is 19.1 Å². The van der Waals surface area contributed by atoms with Crippen molar-refractivity contribution >= 4 is 31.4 Å². The van der Waals surface area contributed by atoms with E-state index >= 15 is 0 Å². The van der Waals surface area contributed by atoms with Crippen molar-refractivity contribution in [2.45, 2.75) is 32.9 Å². The summed E-state index contributed by atoms with van der Waals surface area (Å²) in [6.45, 7) is 7.09. The number of fused-ring (bicyclic) bond motifs is 1. The van der Waals surface area contributed by atoms with Gasteiger partial charge in [-0.1, -0.05) is 0 Å². The normalized spacial score (nSPS) is 16.6. The Balaban J connectivity index is 1.51. The third-order valence-electron chi connectivity index (χ3n) is 6.07. The summed E-state index contributed by atoms with van der Waals surface area (Å²) in [6, 6.07) is 8.17. The lowest BCUT2D eigenvalue weighted by molar-refractivity contribution is 0.0687. The minimum absolute atomic E-state index is 0.210. The van der Waals surface area contributed by atoms with Crippen LogP contribution in [0.4, 0.5) is 0 Å². The molecule has 1 N–H and O–H groups in total. The fourth-order valence-electron chi connectivity index (χ4n) is 4.18. The highest BCUT2D eigenvalue weighted by molar-refractivity contribution is 7.91. The SMILES string of the molecule is Cc1nc2cc(-c3cnc(C(C)(C)O)nc3)cc(-c3cc(CN4CCS(=O)(=O)CC4)ccn3)c2s1. The second-order valence-electron chi connectivity index (χ2n) is 9.44. The Morgan fingerprint density at radius 2 is 1.77 bits per heavy atom. The first kappa shape index (κ1) is 23.9. The molecule has 0 atom stereocenters. The molecule has 0 unspecified atom stereocenters. The largest absolute Gasteiger partial charge is 0.382 e. The van der Waals surface area contributed by atoms with Gasteiger partial charge in [-0.25, -0.2) is 23.4 Å². The predicted octanol–water partition coefficient (Wildman–Crippen LogP) is 3.58. The summed E-state index contributed by atoms with van der Waals surface area (Å²) in [5, 5.41) is 11.2. The molecule has 4 heterocycles. The van der Waals surface area contributed by atoms with Gasteiger partial charge in [-0.2, -0.15) is 0 Å². The first-order valence-corrected chi connectivity index (χ1v) is 14.1. The van der Waals surface area contributed by atoms with Crippen molar-refractivity contribution in [2.24, 2.45) is 0 Å². The number of rotatable bonds is 5. The molecule has 1 aromatic carbocycles. The number of sulfone groups is 1. The molecule has 1 saturated heterocycles. The molecule has 1 aliphatic heterocycles. The highest BCUT2D eigenvalue weighted by Crippen LogP contribution is 2.36. The van der Waals surface area contributed by atoms with Crippen LogP contribution in [0.2, 0.25) is 0 Å². The van der Waals surface area contributed by atoms with E-state index in [2.05, 4.69) is 32.0 Å². The summed E-state index contributed by atoms with van der Waals surface area (Å²) < 4.78 is 24.6. The molecule has 0 saturated carbocycles. The van der Waals surface area contributed by atoms with Crippen LogP contribution in [-0.4, -0.2) is 63.0 Å². The highest BCUT2D eigenvalue weighted by atomic mass is 32.2. The van der Waals surface area contributed by atoms with Crippen LogP contribution < -0.4 is 0 Å². The van der Waals surface area contributed by atoms with Crippen LogP contribution in [0.3, 0.4) is 0 Å². The van der Waals surface area contributed by atoms with E-state index in [1.165, 1.54) is 0 Å². The Labute approximate surface area is 208 Å². The van der Waals surface area contributed by atoms with Crippen molar-refractivity contribution in [1.29, 1.82) is 0 Å². The lowest BCUT2D eigenvalue weighted by Crippen LogP contribution is -2.39. The van der Waals surface area contributed by atoms with E-state index in [4.69, 9.17) is 4.98 Å². The summed E-state index contributed by atoms with van der Waals surface area (Å²) in [7, 11) is -2.91. The van der Waals surface area contributed by atoms with Crippen LogP contribution in [-0.2, 0) is 22.0 Å². The molecule has 10 heteroatoms. The third kappa shape index (κ3) is 5.25. The van der Waals surface area contributed by atoms with E-state index in [1.54, 1.807) is 43.8 Å². The molecule has 0 amide bonds. The van der Waals surface area contributed by atoms with Crippen LogP contribution in [0.25, 0.3) is 32.6 Å². The number of aromatic nitrogens is 4.